The normalized spacial score (nSPS) is 11.8. The second-order valence-electron chi connectivity index (χ2n) is 8.20. The molecule has 182 valence electrons. The predicted octanol–water partition coefficient (Wildman–Crippen LogP) is 3.35. The first-order valence-corrected chi connectivity index (χ1v) is 11.9. The van der Waals surface area contributed by atoms with E-state index in [1.165, 1.54) is 0 Å². The Labute approximate surface area is 204 Å². The Balaban J connectivity index is 1.66. The lowest BCUT2D eigenvalue weighted by Gasteiger charge is -2.10. The molecule has 10 nitrogen and oxygen atoms in total. The van der Waals surface area contributed by atoms with Gasteiger partial charge in [0.2, 0.25) is 0 Å². The Morgan fingerprint density at radius 2 is 1.89 bits per heavy atom. The van der Waals surface area contributed by atoms with Crippen molar-refractivity contribution in [3.05, 3.63) is 65.5 Å². The summed E-state index contributed by atoms with van der Waals surface area (Å²) in [6, 6.07) is 16.1. The number of H-pyrrole nitrogens is 1. The van der Waals surface area contributed by atoms with Crippen LogP contribution in [0.2, 0.25) is 0 Å². The lowest BCUT2D eigenvalue weighted by molar-refractivity contribution is 0.636. The number of rotatable bonds is 12. The van der Waals surface area contributed by atoms with Gasteiger partial charge in [-0.2, -0.15) is 5.10 Å². The third kappa shape index (κ3) is 5.97. The van der Waals surface area contributed by atoms with Crippen molar-refractivity contribution in [2.45, 2.75) is 19.3 Å². The molecule has 4 aromatic rings. The molecule has 0 atom stereocenters. The van der Waals surface area contributed by atoms with Crippen LogP contribution in [0.5, 0.6) is 0 Å². The summed E-state index contributed by atoms with van der Waals surface area (Å²) < 4.78 is 0. The van der Waals surface area contributed by atoms with Gasteiger partial charge in [-0.1, -0.05) is 42.5 Å². The second kappa shape index (κ2) is 12.0. The predicted molar refractivity (Wildman–Crippen MR) is 141 cm³/mol. The fourth-order valence-electron chi connectivity index (χ4n) is 4.00. The minimum absolute atomic E-state index is 0.310. The minimum atomic E-state index is 0.310. The van der Waals surface area contributed by atoms with Crippen molar-refractivity contribution in [2.75, 3.05) is 38.5 Å². The van der Waals surface area contributed by atoms with Gasteiger partial charge in [0.15, 0.2) is 5.84 Å². The van der Waals surface area contributed by atoms with Gasteiger partial charge in [-0.3, -0.25) is 0 Å². The number of nitrogens with two attached hydrogens (primary N) is 1. The monoisotopic (exact) mass is 472 g/mol. The summed E-state index contributed by atoms with van der Waals surface area (Å²) in [4.78, 5) is 13.2. The third-order valence-corrected chi connectivity index (χ3v) is 5.66. The Kier molecular flexibility index (Phi) is 8.31. The van der Waals surface area contributed by atoms with E-state index in [1.807, 2.05) is 36.4 Å². The summed E-state index contributed by atoms with van der Waals surface area (Å²) in [5, 5.41) is 16.5. The van der Waals surface area contributed by atoms with Crippen molar-refractivity contribution in [2.24, 2.45) is 15.9 Å². The van der Waals surface area contributed by atoms with Crippen LogP contribution in [0, 0.1) is 5.53 Å². The van der Waals surface area contributed by atoms with E-state index in [9.17, 15) is 0 Å². The summed E-state index contributed by atoms with van der Waals surface area (Å²) in [6.07, 6.45) is 2.59. The SMILES string of the molecule is CN/N=C(\N=N)c1ccc2c(c1)[nH]c1nc(Cc3ccccc3)nc(NCCCNCCCN)c12. The molecule has 0 aliphatic heterocycles. The van der Waals surface area contributed by atoms with E-state index in [0.29, 0.717) is 18.8 Å². The van der Waals surface area contributed by atoms with E-state index in [1.54, 1.807) is 7.05 Å². The van der Waals surface area contributed by atoms with Crippen LogP contribution in [0.1, 0.15) is 29.8 Å². The first kappa shape index (κ1) is 24.2. The number of hydrogen-bond acceptors (Lipinski definition) is 8. The molecule has 0 aliphatic carbocycles. The Hall–Kier alpha value is -3.89. The number of aromatic nitrogens is 3. The molecule has 0 saturated heterocycles. The van der Waals surface area contributed by atoms with Gasteiger partial charge < -0.3 is 26.8 Å². The van der Waals surface area contributed by atoms with Gasteiger partial charge >= 0.3 is 0 Å². The van der Waals surface area contributed by atoms with Gasteiger partial charge in [0.25, 0.3) is 0 Å². The van der Waals surface area contributed by atoms with Gasteiger partial charge in [-0.15, -0.1) is 5.11 Å². The van der Waals surface area contributed by atoms with E-state index >= 15 is 0 Å². The van der Waals surface area contributed by atoms with Gasteiger partial charge in [-0.05, 0) is 44.1 Å². The fourth-order valence-corrected chi connectivity index (χ4v) is 4.00. The number of aromatic amines is 1. The molecule has 0 amide bonds. The van der Waals surface area contributed by atoms with Crippen LogP contribution >= 0.6 is 0 Å². The van der Waals surface area contributed by atoms with Crippen molar-refractivity contribution in [3.8, 4) is 0 Å². The van der Waals surface area contributed by atoms with Crippen LogP contribution in [0.15, 0.2) is 58.7 Å². The van der Waals surface area contributed by atoms with Crippen molar-refractivity contribution < 1.29 is 0 Å². The van der Waals surface area contributed by atoms with E-state index in [2.05, 4.69) is 43.4 Å². The number of nitrogens with zero attached hydrogens (tertiary/aromatic N) is 4. The van der Waals surface area contributed by atoms with Crippen molar-refractivity contribution in [1.82, 2.24) is 25.7 Å². The number of benzene rings is 2. The molecule has 2 heterocycles. The van der Waals surface area contributed by atoms with Gasteiger partial charge in [0.05, 0.1) is 5.39 Å². The zero-order chi connectivity index (χ0) is 24.5. The van der Waals surface area contributed by atoms with Crippen LogP contribution in [0.3, 0.4) is 0 Å². The lowest BCUT2D eigenvalue weighted by Crippen LogP contribution is -2.21. The van der Waals surface area contributed by atoms with E-state index in [0.717, 1.165) is 77.2 Å². The molecule has 0 spiro atoms. The average molecular weight is 473 g/mol. The maximum atomic E-state index is 7.43. The maximum absolute atomic E-state index is 7.43. The number of anilines is 1. The zero-order valence-corrected chi connectivity index (χ0v) is 19.9. The topological polar surface area (TPSA) is 152 Å². The summed E-state index contributed by atoms with van der Waals surface area (Å²) in [7, 11) is 1.68. The van der Waals surface area contributed by atoms with Gasteiger partial charge in [0, 0.05) is 36.5 Å². The summed E-state index contributed by atoms with van der Waals surface area (Å²) in [5.74, 6) is 1.87. The number of nitrogens with one attached hydrogen (secondary N) is 5. The highest BCUT2D eigenvalue weighted by Crippen LogP contribution is 2.31. The standard InChI is InChI=1S/C25H32N10/c1-28-35-23(34-27)18-9-10-19-20(16-18)31-25-22(19)24(30-14-6-13-29-12-5-11-26)32-21(33-25)15-17-7-3-2-4-8-17/h2-4,7-10,16,27-29H,5-6,11-15,26H2,1H3,(H2,30,31,32,33)/b34-27?,35-23-. The quantitative estimate of drug-likeness (QED) is 0.0611. The summed E-state index contributed by atoms with van der Waals surface area (Å²) in [6.45, 7) is 3.34. The molecule has 0 unspecified atom stereocenters. The first-order valence-electron chi connectivity index (χ1n) is 11.9. The first-order chi connectivity index (χ1) is 17.2. The smallest absolute Gasteiger partial charge is 0.200 e. The molecular formula is C25H32N10. The Morgan fingerprint density at radius 1 is 1.06 bits per heavy atom. The van der Waals surface area contributed by atoms with E-state index < -0.39 is 0 Å². The molecule has 0 saturated carbocycles. The Bertz CT molecular complexity index is 1300. The number of fused-ring (bicyclic) bond motifs is 3. The molecule has 7 N–H and O–H groups in total. The highest BCUT2D eigenvalue weighted by Gasteiger charge is 2.15. The van der Waals surface area contributed by atoms with Crippen molar-refractivity contribution >= 4 is 33.6 Å². The molecule has 0 bridgehead atoms. The fraction of sp³-hybridized carbons (Fsp3) is 0.320. The largest absolute Gasteiger partial charge is 0.369 e. The van der Waals surface area contributed by atoms with Crippen molar-refractivity contribution in [3.63, 3.8) is 0 Å². The third-order valence-electron chi connectivity index (χ3n) is 5.66. The van der Waals surface area contributed by atoms with Gasteiger partial charge in [0.1, 0.15) is 17.3 Å². The van der Waals surface area contributed by atoms with Crippen LogP contribution in [-0.2, 0) is 6.42 Å². The molecule has 2 aromatic heterocycles. The molecule has 2 aromatic carbocycles. The maximum Gasteiger partial charge on any atom is 0.200 e. The zero-order valence-electron chi connectivity index (χ0n) is 19.9. The van der Waals surface area contributed by atoms with E-state index in [-0.39, 0.29) is 0 Å². The number of hydrogen-bond donors (Lipinski definition) is 6. The highest BCUT2D eigenvalue weighted by atomic mass is 15.3. The Morgan fingerprint density at radius 3 is 2.66 bits per heavy atom. The van der Waals surface area contributed by atoms with Crippen LogP contribution in [0.25, 0.3) is 21.9 Å². The number of hydrazone groups is 1. The molecule has 35 heavy (non-hydrogen) atoms. The molecular weight excluding hydrogens is 440 g/mol. The van der Waals surface area contributed by atoms with Crippen LogP contribution in [0.4, 0.5) is 5.82 Å². The number of amidine groups is 1. The molecule has 0 radical (unpaired) electrons. The molecule has 4 rings (SSSR count). The van der Waals surface area contributed by atoms with Crippen LogP contribution < -0.4 is 21.8 Å². The molecule has 0 fully saturated rings. The van der Waals surface area contributed by atoms with Crippen molar-refractivity contribution in [1.29, 1.82) is 5.53 Å². The summed E-state index contributed by atoms with van der Waals surface area (Å²) >= 11 is 0. The van der Waals surface area contributed by atoms with Gasteiger partial charge in [-0.25, -0.2) is 15.5 Å². The highest BCUT2D eigenvalue weighted by molar-refractivity contribution is 6.13. The second-order valence-corrected chi connectivity index (χ2v) is 8.20. The average Bonchev–Trinajstić information content (AvgIpc) is 3.25. The van der Waals surface area contributed by atoms with Crippen LogP contribution in [-0.4, -0.2) is 54.0 Å². The summed E-state index contributed by atoms with van der Waals surface area (Å²) in [5.41, 5.74) is 19.3. The molecule has 10 heteroatoms. The molecule has 0 aliphatic rings. The minimum Gasteiger partial charge on any atom is -0.369 e. The van der Waals surface area contributed by atoms with E-state index in [4.69, 9.17) is 21.2 Å². The lowest BCUT2D eigenvalue weighted by atomic mass is 10.1.